The molecule has 2 amide bonds. The first-order valence-electron chi connectivity index (χ1n) is 9.32. The van der Waals surface area contributed by atoms with E-state index in [0.29, 0.717) is 30.6 Å². The van der Waals surface area contributed by atoms with Crippen molar-refractivity contribution in [2.75, 3.05) is 0 Å². The van der Waals surface area contributed by atoms with E-state index >= 15 is 0 Å². The van der Waals surface area contributed by atoms with Crippen molar-refractivity contribution in [1.29, 1.82) is 0 Å². The van der Waals surface area contributed by atoms with Gasteiger partial charge in [-0.3, -0.25) is 14.4 Å². The van der Waals surface area contributed by atoms with Gasteiger partial charge in [0, 0.05) is 5.69 Å². The number of aromatic nitrogens is 4. The van der Waals surface area contributed by atoms with Crippen molar-refractivity contribution in [1.82, 2.24) is 25.3 Å². The molecule has 0 fully saturated rings. The van der Waals surface area contributed by atoms with Gasteiger partial charge in [0.2, 0.25) is 0 Å². The molecule has 0 saturated carbocycles. The number of rotatable bonds is 5. The second-order valence-corrected chi connectivity index (χ2v) is 7.02. The van der Waals surface area contributed by atoms with Crippen LogP contribution in [0.4, 0.5) is 0 Å². The molecule has 0 bridgehead atoms. The average Bonchev–Trinajstić information content (AvgIpc) is 3.17. The van der Waals surface area contributed by atoms with Crippen molar-refractivity contribution in [3.05, 3.63) is 81.0 Å². The molecule has 9 nitrogen and oxygen atoms in total. The molecule has 9 heteroatoms. The first-order chi connectivity index (χ1) is 14.0. The summed E-state index contributed by atoms with van der Waals surface area (Å²) in [6.45, 7) is 0.511. The van der Waals surface area contributed by atoms with Gasteiger partial charge < -0.3 is 16.0 Å². The molecule has 148 valence electrons. The topological polar surface area (TPSA) is 136 Å². The van der Waals surface area contributed by atoms with Gasteiger partial charge in [-0.05, 0) is 36.5 Å². The van der Waals surface area contributed by atoms with Crippen LogP contribution in [0.2, 0.25) is 0 Å². The largest absolute Gasteiger partial charge is 0.365 e. The van der Waals surface area contributed by atoms with Crippen LogP contribution in [0.15, 0.2) is 47.4 Å². The Hall–Kier alpha value is -3.75. The van der Waals surface area contributed by atoms with Crippen LogP contribution in [0.3, 0.4) is 0 Å². The van der Waals surface area contributed by atoms with Crippen LogP contribution in [-0.2, 0) is 13.0 Å². The van der Waals surface area contributed by atoms with Crippen molar-refractivity contribution < 1.29 is 9.59 Å². The molecular formula is C20H20N6O3. The molecule has 3 aromatic rings. The minimum absolute atomic E-state index is 0.112. The minimum Gasteiger partial charge on any atom is -0.365 e. The van der Waals surface area contributed by atoms with Gasteiger partial charge >= 0.3 is 0 Å². The van der Waals surface area contributed by atoms with Crippen LogP contribution in [0.5, 0.6) is 0 Å². The van der Waals surface area contributed by atoms with Gasteiger partial charge in [-0.1, -0.05) is 35.5 Å². The maximum atomic E-state index is 12.7. The van der Waals surface area contributed by atoms with Crippen LogP contribution in [0.25, 0.3) is 0 Å². The van der Waals surface area contributed by atoms with Crippen molar-refractivity contribution in [2.45, 2.75) is 31.8 Å². The van der Waals surface area contributed by atoms with Crippen molar-refractivity contribution >= 4 is 11.8 Å². The zero-order valence-electron chi connectivity index (χ0n) is 15.6. The SMILES string of the molecule is NC(=O)c1cc2c([nH]c1=O)CCCC2NC(=O)c1cn(Cc2ccccc2)nn1. The molecule has 2 aromatic heterocycles. The number of nitrogens with one attached hydrogen (secondary N) is 2. The number of aromatic amines is 1. The Balaban J connectivity index is 1.52. The molecule has 1 unspecified atom stereocenters. The monoisotopic (exact) mass is 392 g/mol. The summed E-state index contributed by atoms with van der Waals surface area (Å²) in [4.78, 5) is 38.9. The number of aryl methyl sites for hydroxylation is 1. The lowest BCUT2D eigenvalue weighted by molar-refractivity contribution is 0.0927. The van der Waals surface area contributed by atoms with Crippen molar-refractivity contribution in [2.24, 2.45) is 5.73 Å². The molecule has 0 spiro atoms. The highest BCUT2D eigenvalue weighted by Gasteiger charge is 2.26. The number of hydrogen-bond donors (Lipinski definition) is 3. The number of pyridine rings is 1. The first kappa shape index (κ1) is 18.6. The van der Waals surface area contributed by atoms with E-state index in [2.05, 4.69) is 20.6 Å². The molecule has 1 atom stereocenters. The van der Waals surface area contributed by atoms with Gasteiger partial charge in [0.1, 0.15) is 5.56 Å². The highest BCUT2D eigenvalue weighted by Crippen LogP contribution is 2.28. The molecule has 1 aliphatic carbocycles. The number of fused-ring (bicyclic) bond motifs is 1. The van der Waals surface area contributed by atoms with Crippen molar-refractivity contribution in [3.63, 3.8) is 0 Å². The molecular weight excluding hydrogens is 372 g/mol. The number of hydrogen-bond acceptors (Lipinski definition) is 5. The Bertz CT molecular complexity index is 1120. The molecule has 0 aliphatic heterocycles. The fraction of sp³-hybridized carbons (Fsp3) is 0.250. The van der Waals surface area contributed by atoms with E-state index in [1.54, 1.807) is 10.9 Å². The Labute approximate surface area is 165 Å². The Morgan fingerprint density at radius 2 is 2.07 bits per heavy atom. The lowest BCUT2D eigenvalue weighted by Crippen LogP contribution is -2.34. The summed E-state index contributed by atoms with van der Waals surface area (Å²) in [7, 11) is 0. The maximum Gasteiger partial charge on any atom is 0.273 e. The third kappa shape index (κ3) is 3.93. The van der Waals surface area contributed by atoms with E-state index in [1.807, 2.05) is 30.3 Å². The summed E-state index contributed by atoms with van der Waals surface area (Å²) < 4.78 is 1.60. The fourth-order valence-electron chi connectivity index (χ4n) is 3.56. The van der Waals surface area contributed by atoms with Crippen LogP contribution in [-0.4, -0.2) is 31.8 Å². The van der Waals surface area contributed by atoms with Crippen LogP contribution in [0, 0.1) is 0 Å². The fourth-order valence-corrected chi connectivity index (χ4v) is 3.56. The number of H-pyrrole nitrogens is 1. The number of nitrogens with zero attached hydrogens (tertiary/aromatic N) is 3. The smallest absolute Gasteiger partial charge is 0.273 e. The highest BCUT2D eigenvalue weighted by molar-refractivity contribution is 5.93. The molecule has 1 aromatic carbocycles. The number of carbonyl (C=O) groups is 2. The van der Waals surface area contributed by atoms with Crippen LogP contribution >= 0.6 is 0 Å². The summed E-state index contributed by atoms with van der Waals surface area (Å²) in [5, 5.41) is 10.9. The van der Waals surface area contributed by atoms with Crippen LogP contribution < -0.4 is 16.6 Å². The molecule has 4 N–H and O–H groups in total. The van der Waals surface area contributed by atoms with Gasteiger partial charge in [-0.15, -0.1) is 5.10 Å². The summed E-state index contributed by atoms with van der Waals surface area (Å²) in [5.74, 6) is -1.16. The number of nitrogens with two attached hydrogens (primary N) is 1. The summed E-state index contributed by atoms with van der Waals surface area (Å²) in [6, 6.07) is 10.9. The third-order valence-corrected chi connectivity index (χ3v) is 4.98. The number of primary amides is 1. The predicted octanol–water partition coefficient (Wildman–Crippen LogP) is 0.921. The lowest BCUT2D eigenvalue weighted by Gasteiger charge is -2.26. The van der Waals surface area contributed by atoms with E-state index in [9.17, 15) is 14.4 Å². The molecule has 1 aliphatic rings. The second-order valence-electron chi connectivity index (χ2n) is 7.02. The highest BCUT2D eigenvalue weighted by atomic mass is 16.2. The van der Waals surface area contributed by atoms with Crippen molar-refractivity contribution in [3.8, 4) is 0 Å². The second kappa shape index (κ2) is 7.70. The van der Waals surface area contributed by atoms with E-state index < -0.39 is 11.5 Å². The summed E-state index contributed by atoms with van der Waals surface area (Å²) in [6.07, 6.45) is 3.74. The zero-order chi connectivity index (χ0) is 20.4. The Morgan fingerprint density at radius 3 is 2.83 bits per heavy atom. The molecule has 29 heavy (non-hydrogen) atoms. The number of amides is 2. The zero-order valence-corrected chi connectivity index (χ0v) is 15.6. The molecule has 2 heterocycles. The third-order valence-electron chi connectivity index (χ3n) is 4.98. The maximum absolute atomic E-state index is 12.7. The van der Waals surface area contributed by atoms with E-state index in [1.165, 1.54) is 6.07 Å². The summed E-state index contributed by atoms with van der Waals surface area (Å²) >= 11 is 0. The van der Waals surface area contributed by atoms with E-state index in [-0.39, 0.29) is 23.2 Å². The Kier molecular flexibility index (Phi) is 4.94. The van der Waals surface area contributed by atoms with Gasteiger partial charge in [0.05, 0.1) is 18.8 Å². The minimum atomic E-state index is -0.798. The van der Waals surface area contributed by atoms with Crippen LogP contribution in [0.1, 0.15) is 56.6 Å². The normalized spacial score (nSPS) is 15.5. The molecule has 0 radical (unpaired) electrons. The quantitative estimate of drug-likeness (QED) is 0.593. The number of benzene rings is 1. The molecule has 0 saturated heterocycles. The van der Waals surface area contributed by atoms with Gasteiger partial charge in [-0.2, -0.15) is 0 Å². The summed E-state index contributed by atoms with van der Waals surface area (Å²) in [5.41, 5.74) is 7.33. The van der Waals surface area contributed by atoms with Gasteiger partial charge in [0.15, 0.2) is 5.69 Å². The Morgan fingerprint density at radius 1 is 1.28 bits per heavy atom. The van der Waals surface area contributed by atoms with E-state index in [0.717, 1.165) is 12.0 Å². The first-order valence-corrected chi connectivity index (χ1v) is 9.32. The average molecular weight is 392 g/mol. The standard InChI is InChI=1S/C20H20N6O3/c21-18(27)14-9-13-15(22-19(14)28)7-4-8-16(13)23-20(29)17-11-26(25-24-17)10-12-5-2-1-3-6-12/h1-3,5-6,9,11,16H,4,7-8,10H2,(H2,21,27)(H,22,28)(H,23,29). The van der Waals surface area contributed by atoms with E-state index in [4.69, 9.17) is 5.73 Å². The lowest BCUT2D eigenvalue weighted by atomic mass is 9.90. The van der Waals surface area contributed by atoms with Gasteiger partial charge in [-0.25, -0.2) is 4.68 Å². The number of carbonyl (C=O) groups excluding carboxylic acids is 2. The van der Waals surface area contributed by atoms with Gasteiger partial charge in [0.25, 0.3) is 17.4 Å². The predicted molar refractivity (Wildman–Crippen MR) is 104 cm³/mol. The molecule has 4 rings (SSSR count).